The minimum atomic E-state index is -4.13. The topological polar surface area (TPSA) is 119 Å². The number of amidine groups is 1. The molecule has 10 heteroatoms. The lowest BCUT2D eigenvalue weighted by Crippen LogP contribution is -2.47. The SMILES string of the molecule is COC(=O)C1=C(C)N=C(N(C)C)C(S(=O)(=O)c2ccccc2)C1c1ccccc1[N+](=O)[O-]. The Balaban J connectivity index is 2.42. The molecule has 0 aliphatic carbocycles. The Morgan fingerprint density at radius 3 is 2.25 bits per heavy atom. The maximum absolute atomic E-state index is 13.9. The van der Waals surface area contributed by atoms with Crippen LogP contribution in [0.4, 0.5) is 5.69 Å². The van der Waals surface area contributed by atoms with Crippen molar-refractivity contribution in [2.24, 2.45) is 4.99 Å². The number of allylic oxidation sites excluding steroid dienone is 1. The smallest absolute Gasteiger partial charge is 0.336 e. The molecule has 1 heterocycles. The first kappa shape index (κ1) is 23.1. The van der Waals surface area contributed by atoms with E-state index in [1.165, 1.54) is 37.4 Å². The number of esters is 1. The highest BCUT2D eigenvalue weighted by Crippen LogP contribution is 2.43. The van der Waals surface area contributed by atoms with Crippen molar-refractivity contribution in [3.05, 3.63) is 81.5 Å². The quantitative estimate of drug-likeness (QED) is 0.385. The van der Waals surface area contributed by atoms with Gasteiger partial charge in [0, 0.05) is 31.6 Å². The zero-order chi connectivity index (χ0) is 23.6. The molecular formula is C22H23N3O6S. The molecule has 9 nitrogen and oxygen atoms in total. The number of nitrogens with zero attached hydrogens (tertiary/aromatic N) is 3. The van der Waals surface area contributed by atoms with Crippen LogP contribution >= 0.6 is 0 Å². The molecule has 0 saturated heterocycles. The number of nitro groups is 1. The number of nitro benzene ring substituents is 1. The van der Waals surface area contributed by atoms with Gasteiger partial charge in [-0.25, -0.2) is 18.2 Å². The van der Waals surface area contributed by atoms with Crippen LogP contribution in [0.25, 0.3) is 0 Å². The third-order valence-electron chi connectivity index (χ3n) is 5.28. The third-order valence-corrected chi connectivity index (χ3v) is 7.36. The third kappa shape index (κ3) is 4.01. The van der Waals surface area contributed by atoms with Crippen molar-refractivity contribution in [3.8, 4) is 0 Å². The number of rotatable bonds is 5. The summed E-state index contributed by atoms with van der Waals surface area (Å²) in [4.78, 5) is 30.0. The van der Waals surface area contributed by atoms with Crippen molar-refractivity contribution in [2.45, 2.75) is 23.0 Å². The lowest BCUT2D eigenvalue weighted by atomic mass is 9.83. The fourth-order valence-corrected chi connectivity index (χ4v) is 5.88. The lowest BCUT2D eigenvalue weighted by molar-refractivity contribution is -0.385. The number of sulfone groups is 1. The van der Waals surface area contributed by atoms with E-state index in [-0.39, 0.29) is 33.3 Å². The monoisotopic (exact) mass is 457 g/mol. The predicted octanol–water partition coefficient (Wildman–Crippen LogP) is 2.94. The van der Waals surface area contributed by atoms with Crippen LogP contribution in [-0.2, 0) is 19.4 Å². The standard InChI is InChI=1S/C22H23N3O6S/c1-14-18(22(26)31-4)19(16-12-8-9-13-17(16)25(27)28)20(21(23-14)24(2)3)32(29,30)15-10-6-5-7-11-15/h5-13,19-20H,1-4H3. The van der Waals surface area contributed by atoms with Crippen LogP contribution in [0.1, 0.15) is 18.4 Å². The molecule has 0 N–H and O–H groups in total. The summed E-state index contributed by atoms with van der Waals surface area (Å²) in [5, 5.41) is 10.4. The minimum Gasteiger partial charge on any atom is -0.466 e. The first-order valence-corrected chi connectivity index (χ1v) is 11.2. The van der Waals surface area contributed by atoms with Crippen molar-refractivity contribution >= 4 is 27.3 Å². The number of ether oxygens (including phenoxy) is 1. The van der Waals surface area contributed by atoms with E-state index in [9.17, 15) is 23.3 Å². The van der Waals surface area contributed by atoms with Gasteiger partial charge in [-0.05, 0) is 19.1 Å². The molecule has 0 saturated carbocycles. The van der Waals surface area contributed by atoms with Crippen molar-refractivity contribution in [3.63, 3.8) is 0 Å². The van der Waals surface area contributed by atoms with Gasteiger partial charge in [0.15, 0.2) is 9.84 Å². The maximum Gasteiger partial charge on any atom is 0.336 e. The van der Waals surface area contributed by atoms with E-state index in [0.717, 1.165) is 0 Å². The Morgan fingerprint density at radius 1 is 1.09 bits per heavy atom. The Hall–Kier alpha value is -3.53. The molecule has 3 rings (SSSR count). The second kappa shape index (κ2) is 8.91. The molecule has 0 spiro atoms. The molecule has 168 valence electrons. The van der Waals surface area contributed by atoms with Gasteiger partial charge in [-0.1, -0.05) is 36.4 Å². The van der Waals surface area contributed by atoms with Gasteiger partial charge < -0.3 is 9.64 Å². The zero-order valence-electron chi connectivity index (χ0n) is 18.1. The molecule has 1 aliphatic heterocycles. The first-order valence-electron chi connectivity index (χ1n) is 9.68. The first-order chi connectivity index (χ1) is 15.1. The number of carbonyl (C=O) groups is 1. The summed E-state index contributed by atoms with van der Waals surface area (Å²) in [5.74, 6) is -1.83. The zero-order valence-corrected chi connectivity index (χ0v) is 18.9. The minimum absolute atomic E-state index is 0.0203. The summed E-state index contributed by atoms with van der Waals surface area (Å²) in [6, 6.07) is 13.6. The van der Waals surface area contributed by atoms with Gasteiger partial charge in [0.1, 0.15) is 11.1 Å². The lowest BCUT2D eigenvalue weighted by Gasteiger charge is -2.35. The highest BCUT2D eigenvalue weighted by Gasteiger charge is 2.49. The Morgan fingerprint density at radius 2 is 1.69 bits per heavy atom. The molecule has 0 radical (unpaired) electrons. The Labute approximate surface area is 186 Å². The van der Waals surface area contributed by atoms with Crippen molar-refractivity contribution in [1.82, 2.24) is 4.90 Å². The number of carbonyl (C=O) groups excluding carboxylic acids is 1. The average Bonchev–Trinajstić information content (AvgIpc) is 2.78. The fraction of sp³-hybridized carbons (Fsp3) is 0.273. The predicted molar refractivity (Wildman–Crippen MR) is 119 cm³/mol. The van der Waals surface area contributed by atoms with Gasteiger partial charge in [-0.3, -0.25) is 10.1 Å². The van der Waals surface area contributed by atoms with Crippen molar-refractivity contribution in [2.75, 3.05) is 21.2 Å². The number of hydrogen-bond donors (Lipinski definition) is 0. The van der Waals surface area contributed by atoms with Crippen LogP contribution < -0.4 is 0 Å². The fourth-order valence-electron chi connectivity index (χ4n) is 3.87. The Bertz CT molecular complexity index is 1220. The molecule has 2 aromatic rings. The van der Waals surface area contributed by atoms with E-state index in [1.807, 2.05) is 0 Å². The van der Waals surface area contributed by atoms with E-state index < -0.39 is 31.9 Å². The summed E-state index contributed by atoms with van der Waals surface area (Å²) >= 11 is 0. The molecule has 0 amide bonds. The highest BCUT2D eigenvalue weighted by atomic mass is 32.2. The highest BCUT2D eigenvalue weighted by molar-refractivity contribution is 7.93. The van der Waals surface area contributed by atoms with Crippen LogP contribution in [0.5, 0.6) is 0 Å². The molecule has 32 heavy (non-hydrogen) atoms. The van der Waals surface area contributed by atoms with Crippen LogP contribution in [0, 0.1) is 10.1 Å². The van der Waals surface area contributed by atoms with E-state index in [2.05, 4.69) is 4.99 Å². The molecule has 1 aliphatic rings. The molecule has 0 bridgehead atoms. The summed E-state index contributed by atoms with van der Waals surface area (Å²) < 4.78 is 32.7. The van der Waals surface area contributed by atoms with Gasteiger partial charge in [0.05, 0.1) is 28.2 Å². The van der Waals surface area contributed by atoms with Gasteiger partial charge in [-0.15, -0.1) is 0 Å². The largest absolute Gasteiger partial charge is 0.466 e. The van der Waals surface area contributed by atoms with Crippen molar-refractivity contribution in [1.29, 1.82) is 0 Å². The van der Waals surface area contributed by atoms with Crippen LogP contribution in [0.15, 0.2) is 75.8 Å². The van der Waals surface area contributed by atoms with Crippen LogP contribution in [0.2, 0.25) is 0 Å². The molecule has 2 atom stereocenters. The number of benzene rings is 2. The number of para-hydroxylation sites is 1. The summed E-state index contributed by atoms with van der Waals surface area (Å²) in [7, 11) is 0.317. The van der Waals surface area contributed by atoms with E-state index in [0.29, 0.717) is 0 Å². The second-order valence-corrected chi connectivity index (χ2v) is 9.50. The average molecular weight is 458 g/mol. The van der Waals surface area contributed by atoms with Crippen molar-refractivity contribution < 1.29 is 22.9 Å². The van der Waals surface area contributed by atoms with Crippen LogP contribution in [0.3, 0.4) is 0 Å². The van der Waals surface area contributed by atoms with Gasteiger partial charge in [0.2, 0.25) is 0 Å². The summed E-state index contributed by atoms with van der Waals surface area (Å²) in [6.45, 7) is 1.56. The van der Waals surface area contributed by atoms with Gasteiger partial charge in [-0.2, -0.15) is 0 Å². The number of aliphatic imine (C=N–C) groups is 1. The van der Waals surface area contributed by atoms with Gasteiger partial charge in [0.25, 0.3) is 5.69 Å². The Kier molecular flexibility index (Phi) is 6.45. The summed E-state index contributed by atoms with van der Waals surface area (Å²) in [6.07, 6.45) is 0. The number of methoxy groups -OCH3 is 1. The normalized spacial score (nSPS) is 18.7. The van der Waals surface area contributed by atoms with Crippen LogP contribution in [-0.4, -0.2) is 56.5 Å². The molecule has 2 aromatic carbocycles. The summed E-state index contributed by atoms with van der Waals surface area (Å²) in [5.41, 5.74) is 0.0103. The van der Waals surface area contributed by atoms with Gasteiger partial charge >= 0.3 is 5.97 Å². The maximum atomic E-state index is 13.9. The number of hydrogen-bond acceptors (Lipinski definition) is 8. The van der Waals surface area contributed by atoms with E-state index in [1.54, 1.807) is 50.2 Å². The molecular weight excluding hydrogens is 434 g/mol. The molecule has 2 unspecified atom stereocenters. The molecule has 0 aromatic heterocycles. The second-order valence-electron chi connectivity index (χ2n) is 7.43. The van der Waals surface area contributed by atoms with E-state index in [4.69, 9.17) is 4.74 Å². The molecule has 0 fully saturated rings. The van der Waals surface area contributed by atoms with E-state index >= 15 is 0 Å².